The number of rotatable bonds is 3. The molecule has 2 fully saturated rings. The first kappa shape index (κ1) is 11.6. The van der Waals surface area contributed by atoms with Crippen LogP contribution in [0, 0.1) is 23.5 Å². The first-order valence-electron chi connectivity index (χ1n) is 5.81. The lowest BCUT2D eigenvalue weighted by Crippen LogP contribution is -2.49. The van der Waals surface area contributed by atoms with Gasteiger partial charge in [-0.15, -0.1) is 0 Å². The summed E-state index contributed by atoms with van der Waals surface area (Å²) >= 11 is 0. The number of aliphatic carboxylic acids is 1. The largest absolute Gasteiger partial charge is 0.481 e. The van der Waals surface area contributed by atoms with E-state index in [-0.39, 0.29) is 11.8 Å². The van der Waals surface area contributed by atoms with Gasteiger partial charge in [0.15, 0.2) is 11.6 Å². The van der Waals surface area contributed by atoms with Gasteiger partial charge in [0, 0.05) is 5.41 Å². The summed E-state index contributed by atoms with van der Waals surface area (Å²) in [5.74, 6) is -3.03. The van der Waals surface area contributed by atoms with Crippen LogP contribution in [0.3, 0.4) is 0 Å². The Labute approximate surface area is 102 Å². The SMILES string of the molecule is O=C(O)C1CC1C1(c2ccc(F)c(F)c2)COC1. The monoisotopic (exact) mass is 254 g/mol. The molecule has 1 saturated heterocycles. The summed E-state index contributed by atoms with van der Waals surface area (Å²) in [7, 11) is 0. The number of carboxylic acid groups (broad SMARTS) is 1. The molecule has 0 spiro atoms. The van der Waals surface area contributed by atoms with Crippen molar-refractivity contribution in [2.24, 2.45) is 11.8 Å². The molecule has 1 N–H and O–H groups in total. The third kappa shape index (κ3) is 1.54. The van der Waals surface area contributed by atoms with Crippen LogP contribution < -0.4 is 0 Å². The Morgan fingerprint density at radius 2 is 2.06 bits per heavy atom. The summed E-state index contributed by atoms with van der Waals surface area (Å²) in [6, 6.07) is 3.77. The van der Waals surface area contributed by atoms with Gasteiger partial charge in [0.2, 0.25) is 0 Å². The van der Waals surface area contributed by atoms with E-state index >= 15 is 0 Å². The Hall–Kier alpha value is -1.49. The summed E-state index contributed by atoms with van der Waals surface area (Å²) in [5.41, 5.74) is 0.193. The molecule has 2 aliphatic rings. The summed E-state index contributed by atoms with van der Waals surface area (Å²) in [5, 5.41) is 8.98. The quantitative estimate of drug-likeness (QED) is 0.896. The van der Waals surface area contributed by atoms with Crippen LogP contribution in [0.2, 0.25) is 0 Å². The number of benzene rings is 1. The van der Waals surface area contributed by atoms with Crippen LogP contribution in [0.25, 0.3) is 0 Å². The maximum Gasteiger partial charge on any atom is 0.306 e. The van der Waals surface area contributed by atoms with Gasteiger partial charge in [-0.25, -0.2) is 8.78 Å². The predicted octanol–water partition coefficient (Wildman–Crippen LogP) is 1.95. The van der Waals surface area contributed by atoms with Crippen molar-refractivity contribution in [3.8, 4) is 0 Å². The zero-order valence-corrected chi connectivity index (χ0v) is 9.53. The third-order valence-electron chi connectivity index (χ3n) is 4.03. The number of ether oxygens (including phenoxy) is 1. The van der Waals surface area contributed by atoms with Crippen molar-refractivity contribution in [3.05, 3.63) is 35.4 Å². The van der Waals surface area contributed by atoms with Gasteiger partial charge in [-0.2, -0.15) is 0 Å². The second-order valence-corrected chi connectivity index (χ2v) is 5.06. The molecule has 1 aromatic carbocycles. The fourth-order valence-electron chi connectivity index (χ4n) is 2.80. The molecule has 0 radical (unpaired) electrons. The first-order valence-corrected chi connectivity index (χ1v) is 5.81. The minimum absolute atomic E-state index is 0.0337. The van der Waals surface area contributed by atoms with Gasteiger partial charge in [0.05, 0.1) is 19.1 Å². The highest BCUT2D eigenvalue weighted by Crippen LogP contribution is 2.55. The van der Waals surface area contributed by atoms with Crippen molar-refractivity contribution >= 4 is 5.97 Å². The average molecular weight is 254 g/mol. The van der Waals surface area contributed by atoms with Crippen molar-refractivity contribution in [2.75, 3.05) is 13.2 Å². The van der Waals surface area contributed by atoms with Gasteiger partial charge in [0.1, 0.15) is 0 Å². The molecule has 1 aromatic rings. The number of carboxylic acids is 1. The zero-order valence-electron chi connectivity index (χ0n) is 9.53. The summed E-state index contributed by atoms with van der Waals surface area (Å²) in [6.45, 7) is 0.763. The Bertz CT molecular complexity index is 511. The first-order chi connectivity index (χ1) is 8.54. The summed E-state index contributed by atoms with van der Waals surface area (Å²) in [6.07, 6.45) is 0.581. The standard InChI is InChI=1S/C13H12F2O3/c14-10-2-1-7(3-11(10)15)13(5-18-6-13)9-4-8(9)12(16)17/h1-3,8-9H,4-6H2,(H,16,17). The highest BCUT2D eigenvalue weighted by Gasteiger charge is 2.60. The maximum absolute atomic E-state index is 13.3. The van der Waals surface area contributed by atoms with Gasteiger partial charge in [-0.1, -0.05) is 6.07 Å². The van der Waals surface area contributed by atoms with Gasteiger partial charge in [0.25, 0.3) is 0 Å². The molecule has 2 atom stereocenters. The molecule has 1 aliphatic carbocycles. The van der Waals surface area contributed by atoms with E-state index in [1.807, 2.05) is 0 Å². The van der Waals surface area contributed by atoms with Crippen LogP contribution in [-0.2, 0) is 14.9 Å². The number of hydrogen-bond donors (Lipinski definition) is 1. The summed E-state index contributed by atoms with van der Waals surface area (Å²) in [4.78, 5) is 10.9. The molecule has 96 valence electrons. The maximum atomic E-state index is 13.3. The normalized spacial score (nSPS) is 28.6. The lowest BCUT2D eigenvalue weighted by molar-refractivity contribution is -0.140. The van der Waals surface area contributed by atoms with Crippen LogP contribution in [0.4, 0.5) is 8.78 Å². The van der Waals surface area contributed by atoms with Gasteiger partial charge < -0.3 is 9.84 Å². The topological polar surface area (TPSA) is 46.5 Å². The lowest BCUT2D eigenvalue weighted by atomic mass is 9.73. The second-order valence-electron chi connectivity index (χ2n) is 5.06. The Kier molecular flexibility index (Phi) is 2.41. The predicted molar refractivity (Wildman–Crippen MR) is 58.1 cm³/mol. The van der Waals surface area contributed by atoms with Crippen LogP contribution in [0.15, 0.2) is 18.2 Å². The molecule has 0 bridgehead atoms. The molecule has 1 heterocycles. The molecule has 3 rings (SSSR count). The van der Waals surface area contributed by atoms with Crippen LogP contribution in [0.1, 0.15) is 12.0 Å². The smallest absolute Gasteiger partial charge is 0.306 e. The molecule has 1 saturated carbocycles. The third-order valence-corrected chi connectivity index (χ3v) is 4.03. The Morgan fingerprint density at radius 1 is 1.33 bits per heavy atom. The highest BCUT2D eigenvalue weighted by molar-refractivity contribution is 5.74. The molecule has 3 nitrogen and oxygen atoms in total. The van der Waals surface area contributed by atoms with Crippen LogP contribution in [0.5, 0.6) is 0 Å². The second kappa shape index (κ2) is 3.75. The van der Waals surface area contributed by atoms with E-state index in [1.165, 1.54) is 6.07 Å². The van der Waals surface area contributed by atoms with Crippen LogP contribution >= 0.6 is 0 Å². The zero-order chi connectivity index (χ0) is 12.9. The van der Waals surface area contributed by atoms with E-state index < -0.39 is 23.0 Å². The molecular weight excluding hydrogens is 242 g/mol. The van der Waals surface area contributed by atoms with Gasteiger partial charge >= 0.3 is 5.97 Å². The molecule has 0 amide bonds. The number of carbonyl (C=O) groups is 1. The number of halogens is 2. The van der Waals surface area contributed by atoms with E-state index in [0.717, 1.165) is 12.1 Å². The molecular formula is C13H12F2O3. The lowest BCUT2D eigenvalue weighted by Gasteiger charge is -2.42. The van der Waals surface area contributed by atoms with E-state index in [0.29, 0.717) is 25.2 Å². The van der Waals surface area contributed by atoms with E-state index in [1.54, 1.807) is 0 Å². The van der Waals surface area contributed by atoms with E-state index in [4.69, 9.17) is 9.84 Å². The van der Waals surface area contributed by atoms with Crippen molar-refractivity contribution in [3.63, 3.8) is 0 Å². The van der Waals surface area contributed by atoms with E-state index in [9.17, 15) is 13.6 Å². The highest BCUT2D eigenvalue weighted by atomic mass is 19.2. The van der Waals surface area contributed by atoms with Crippen molar-refractivity contribution in [2.45, 2.75) is 11.8 Å². The minimum Gasteiger partial charge on any atom is -0.481 e. The Balaban J connectivity index is 1.92. The molecule has 2 unspecified atom stereocenters. The fraction of sp³-hybridized carbons (Fsp3) is 0.462. The van der Waals surface area contributed by atoms with Gasteiger partial charge in [-0.05, 0) is 30.0 Å². The van der Waals surface area contributed by atoms with E-state index in [2.05, 4.69) is 0 Å². The fourth-order valence-corrected chi connectivity index (χ4v) is 2.80. The van der Waals surface area contributed by atoms with Crippen molar-refractivity contribution in [1.29, 1.82) is 0 Å². The summed E-state index contributed by atoms with van der Waals surface area (Å²) < 4.78 is 31.4. The molecule has 1 aliphatic heterocycles. The van der Waals surface area contributed by atoms with Crippen molar-refractivity contribution in [1.82, 2.24) is 0 Å². The van der Waals surface area contributed by atoms with Gasteiger partial charge in [-0.3, -0.25) is 4.79 Å². The number of hydrogen-bond acceptors (Lipinski definition) is 2. The van der Waals surface area contributed by atoms with Crippen molar-refractivity contribution < 1.29 is 23.4 Å². The molecule has 0 aromatic heterocycles. The minimum atomic E-state index is -0.897. The average Bonchev–Trinajstić information content (AvgIpc) is 3.02. The molecule has 18 heavy (non-hydrogen) atoms. The Morgan fingerprint density at radius 3 is 2.50 bits per heavy atom. The molecule has 5 heteroatoms. The van der Waals surface area contributed by atoms with Crippen LogP contribution in [-0.4, -0.2) is 24.3 Å².